The summed E-state index contributed by atoms with van der Waals surface area (Å²) < 4.78 is 10.9. The highest BCUT2D eigenvalue weighted by molar-refractivity contribution is 6.11. The van der Waals surface area contributed by atoms with Crippen molar-refractivity contribution in [1.29, 1.82) is 0 Å². The minimum absolute atomic E-state index is 0.180. The van der Waals surface area contributed by atoms with Crippen molar-refractivity contribution in [2.24, 2.45) is 0 Å². The van der Waals surface area contributed by atoms with Crippen LogP contribution < -0.4 is 9.47 Å². The zero-order chi connectivity index (χ0) is 16.8. The summed E-state index contributed by atoms with van der Waals surface area (Å²) >= 11 is 0. The van der Waals surface area contributed by atoms with Crippen molar-refractivity contribution >= 4 is 11.8 Å². The first-order valence-electron chi connectivity index (χ1n) is 7.26. The van der Waals surface area contributed by atoms with Gasteiger partial charge in [-0.25, -0.2) is 4.79 Å². The van der Waals surface area contributed by atoms with Crippen LogP contribution in [-0.4, -0.2) is 17.9 Å². The Kier molecular flexibility index (Phi) is 5.31. The van der Waals surface area contributed by atoms with E-state index in [1.807, 2.05) is 19.9 Å². The number of ketones is 1. The monoisotopic (exact) mass is 310 g/mol. The molecule has 0 spiro atoms. The van der Waals surface area contributed by atoms with Crippen LogP contribution in [0.5, 0.6) is 11.5 Å². The summed E-state index contributed by atoms with van der Waals surface area (Å²) in [5, 5.41) is 0. The van der Waals surface area contributed by atoms with Crippen molar-refractivity contribution in [1.82, 2.24) is 0 Å². The molecule has 0 aliphatic carbocycles. The van der Waals surface area contributed by atoms with Gasteiger partial charge in [0.15, 0.2) is 17.3 Å². The van der Waals surface area contributed by atoms with E-state index in [9.17, 15) is 9.59 Å². The molecule has 0 aromatic heterocycles. The number of hydrogen-bond donors (Lipinski definition) is 0. The van der Waals surface area contributed by atoms with E-state index < -0.39 is 5.97 Å². The third kappa shape index (κ3) is 4.07. The van der Waals surface area contributed by atoms with Crippen LogP contribution >= 0.6 is 0 Å². The summed E-state index contributed by atoms with van der Waals surface area (Å²) in [6.07, 6.45) is 0.881. The van der Waals surface area contributed by atoms with Gasteiger partial charge < -0.3 is 9.47 Å². The van der Waals surface area contributed by atoms with Gasteiger partial charge in [-0.05, 0) is 26.0 Å². The van der Waals surface area contributed by atoms with Gasteiger partial charge in [0, 0.05) is 11.6 Å². The van der Waals surface area contributed by atoms with Gasteiger partial charge in [-0.15, -0.1) is 0 Å². The van der Waals surface area contributed by atoms with Crippen molar-refractivity contribution < 1.29 is 19.1 Å². The number of para-hydroxylation sites is 1. The van der Waals surface area contributed by atoms with Gasteiger partial charge in [-0.2, -0.15) is 0 Å². The van der Waals surface area contributed by atoms with Crippen molar-refractivity contribution in [2.45, 2.75) is 20.0 Å². The molecule has 0 aliphatic rings. The standard InChI is InChI=1S/C19H18O4/c1-4-17(20)23-16-12-8-11-15(19(16)22-13(2)3)18(21)14-9-6-5-7-10-14/h4-13H,1H2,2-3H3. The Morgan fingerprint density at radius 1 is 1.04 bits per heavy atom. The van der Waals surface area contributed by atoms with Crippen LogP contribution in [0.25, 0.3) is 0 Å². The Bertz CT molecular complexity index is 717. The van der Waals surface area contributed by atoms with Gasteiger partial charge in [-0.1, -0.05) is 43.0 Å². The number of benzene rings is 2. The second-order valence-corrected chi connectivity index (χ2v) is 5.12. The predicted molar refractivity (Wildman–Crippen MR) is 87.9 cm³/mol. The van der Waals surface area contributed by atoms with Crippen LogP contribution in [0, 0.1) is 0 Å². The Morgan fingerprint density at radius 3 is 2.35 bits per heavy atom. The number of carbonyl (C=O) groups is 2. The molecule has 118 valence electrons. The number of carbonyl (C=O) groups excluding carboxylic acids is 2. The Labute approximate surface area is 135 Å². The van der Waals surface area contributed by atoms with E-state index in [0.29, 0.717) is 11.1 Å². The van der Waals surface area contributed by atoms with Crippen LogP contribution in [0.3, 0.4) is 0 Å². The van der Waals surface area contributed by atoms with Gasteiger partial charge in [0.1, 0.15) is 0 Å². The summed E-state index contributed by atoms with van der Waals surface area (Å²) in [5.41, 5.74) is 0.882. The van der Waals surface area contributed by atoms with E-state index in [1.165, 1.54) is 0 Å². The fourth-order valence-corrected chi connectivity index (χ4v) is 2.03. The van der Waals surface area contributed by atoms with E-state index in [0.717, 1.165) is 6.08 Å². The zero-order valence-corrected chi connectivity index (χ0v) is 13.1. The molecule has 2 rings (SSSR count). The second-order valence-electron chi connectivity index (χ2n) is 5.12. The maximum atomic E-state index is 12.7. The van der Waals surface area contributed by atoms with Gasteiger partial charge in [-0.3, -0.25) is 4.79 Å². The lowest BCUT2D eigenvalue weighted by Crippen LogP contribution is -2.13. The molecule has 0 unspecified atom stereocenters. The number of hydrogen-bond acceptors (Lipinski definition) is 4. The Hall–Kier alpha value is -2.88. The maximum Gasteiger partial charge on any atom is 0.335 e. The number of esters is 1. The molecule has 0 amide bonds. The molecule has 4 nitrogen and oxygen atoms in total. The van der Waals surface area contributed by atoms with E-state index in [1.54, 1.807) is 42.5 Å². The average molecular weight is 310 g/mol. The SMILES string of the molecule is C=CC(=O)Oc1cccc(C(=O)c2ccccc2)c1OC(C)C. The van der Waals surface area contributed by atoms with E-state index in [2.05, 4.69) is 6.58 Å². The van der Waals surface area contributed by atoms with Gasteiger partial charge in [0.25, 0.3) is 0 Å². The molecule has 4 heteroatoms. The molecular formula is C19H18O4. The molecule has 2 aromatic carbocycles. The lowest BCUT2D eigenvalue weighted by molar-refractivity contribution is -0.129. The first-order valence-corrected chi connectivity index (χ1v) is 7.26. The van der Waals surface area contributed by atoms with Crippen LogP contribution in [0.2, 0.25) is 0 Å². The van der Waals surface area contributed by atoms with Crippen molar-refractivity contribution in [2.75, 3.05) is 0 Å². The Morgan fingerprint density at radius 2 is 1.74 bits per heavy atom. The third-order valence-corrected chi connectivity index (χ3v) is 2.99. The summed E-state index contributed by atoms with van der Waals surface area (Å²) in [4.78, 5) is 24.2. The predicted octanol–water partition coefficient (Wildman–Crippen LogP) is 3.80. The summed E-state index contributed by atoms with van der Waals surface area (Å²) in [6.45, 7) is 7.04. The minimum atomic E-state index is -0.608. The smallest absolute Gasteiger partial charge is 0.335 e. The highest BCUT2D eigenvalue weighted by Crippen LogP contribution is 2.34. The van der Waals surface area contributed by atoms with Crippen LogP contribution in [0.15, 0.2) is 61.2 Å². The molecule has 0 saturated heterocycles. The van der Waals surface area contributed by atoms with Crippen molar-refractivity contribution in [3.63, 3.8) is 0 Å². The largest absolute Gasteiger partial charge is 0.486 e. The maximum absolute atomic E-state index is 12.7. The zero-order valence-electron chi connectivity index (χ0n) is 13.1. The van der Waals surface area contributed by atoms with E-state index >= 15 is 0 Å². The van der Waals surface area contributed by atoms with Gasteiger partial charge in [0.2, 0.25) is 0 Å². The summed E-state index contributed by atoms with van der Waals surface area (Å²) in [7, 11) is 0. The minimum Gasteiger partial charge on any atom is -0.486 e. The highest BCUT2D eigenvalue weighted by Gasteiger charge is 2.20. The fourth-order valence-electron chi connectivity index (χ4n) is 2.03. The first kappa shape index (κ1) is 16.5. The van der Waals surface area contributed by atoms with Crippen molar-refractivity contribution in [3.8, 4) is 11.5 Å². The molecule has 0 bridgehead atoms. The van der Waals surface area contributed by atoms with Crippen molar-refractivity contribution in [3.05, 3.63) is 72.3 Å². The normalized spacial score (nSPS) is 10.2. The lowest BCUT2D eigenvalue weighted by atomic mass is 10.0. The molecule has 0 fully saturated rings. The van der Waals surface area contributed by atoms with Gasteiger partial charge >= 0.3 is 5.97 Å². The summed E-state index contributed by atoms with van der Waals surface area (Å²) in [6, 6.07) is 13.8. The topological polar surface area (TPSA) is 52.6 Å². The number of ether oxygens (including phenoxy) is 2. The molecule has 0 radical (unpaired) electrons. The molecule has 0 aliphatic heterocycles. The average Bonchev–Trinajstić information content (AvgIpc) is 2.56. The molecular weight excluding hydrogens is 292 g/mol. The molecule has 2 aromatic rings. The third-order valence-electron chi connectivity index (χ3n) is 2.99. The van der Waals surface area contributed by atoms with E-state index in [-0.39, 0.29) is 23.4 Å². The second kappa shape index (κ2) is 7.40. The fraction of sp³-hybridized carbons (Fsp3) is 0.158. The molecule has 0 atom stereocenters. The Balaban J connectivity index is 2.49. The molecule has 0 saturated carbocycles. The van der Waals surface area contributed by atoms with Crippen LogP contribution in [0.4, 0.5) is 0 Å². The molecule has 0 N–H and O–H groups in total. The van der Waals surface area contributed by atoms with Crippen LogP contribution in [-0.2, 0) is 4.79 Å². The molecule has 23 heavy (non-hydrogen) atoms. The van der Waals surface area contributed by atoms with Gasteiger partial charge in [0.05, 0.1) is 11.7 Å². The quantitative estimate of drug-likeness (QED) is 0.352. The highest BCUT2D eigenvalue weighted by atomic mass is 16.6. The lowest BCUT2D eigenvalue weighted by Gasteiger charge is -2.17. The van der Waals surface area contributed by atoms with E-state index in [4.69, 9.17) is 9.47 Å². The van der Waals surface area contributed by atoms with Crippen LogP contribution in [0.1, 0.15) is 29.8 Å². The number of rotatable bonds is 6. The molecule has 0 heterocycles. The first-order chi connectivity index (χ1) is 11.0. The summed E-state index contributed by atoms with van der Waals surface area (Å²) in [5.74, 6) is -0.349.